The molecule has 0 atom stereocenters. The van der Waals surface area contributed by atoms with E-state index in [1.807, 2.05) is 6.07 Å². The predicted molar refractivity (Wildman–Crippen MR) is 57.9 cm³/mol. The summed E-state index contributed by atoms with van der Waals surface area (Å²) in [6.45, 7) is 1.09. The normalized spacial score (nSPS) is 10.1. The highest BCUT2D eigenvalue weighted by Crippen LogP contribution is 2.21. The van der Waals surface area contributed by atoms with Gasteiger partial charge < -0.3 is 10.1 Å². The molecule has 1 amide bonds. The van der Waals surface area contributed by atoms with Crippen LogP contribution in [0.25, 0.3) is 0 Å². The van der Waals surface area contributed by atoms with Gasteiger partial charge in [-0.15, -0.1) is 11.3 Å². The molecule has 14 heavy (non-hydrogen) atoms. The SMILES string of the molecule is COCCNC(=O)Cc1ccc(Cl)s1. The molecule has 1 aromatic heterocycles. The molecule has 0 saturated carbocycles. The average Bonchev–Trinajstić information content (AvgIpc) is 2.52. The number of hydrogen-bond donors (Lipinski definition) is 1. The lowest BCUT2D eigenvalue weighted by molar-refractivity contribution is -0.120. The quantitative estimate of drug-likeness (QED) is 0.787. The number of nitrogens with one attached hydrogen (secondary N) is 1. The minimum atomic E-state index is 0.000525. The lowest BCUT2D eigenvalue weighted by atomic mass is 10.3. The second-order valence-corrected chi connectivity index (χ2v) is 4.52. The van der Waals surface area contributed by atoms with Gasteiger partial charge >= 0.3 is 0 Å². The first kappa shape index (κ1) is 11.5. The summed E-state index contributed by atoms with van der Waals surface area (Å²) >= 11 is 7.17. The zero-order chi connectivity index (χ0) is 10.4. The first-order chi connectivity index (χ1) is 6.72. The summed E-state index contributed by atoms with van der Waals surface area (Å²) in [4.78, 5) is 12.3. The number of methoxy groups -OCH3 is 1. The molecule has 0 aromatic carbocycles. The van der Waals surface area contributed by atoms with Gasteiger partial charge in [-0.1, -0.05) is 11.6 Å². The van der Waals surface area contributed by atoms with Crippen LogP contribution in [0.2, 0.25) is 4.34 Å². The Bertz CT molecular complexity index is 301. The van der Waals surface area contributed by atoms with Gasteiger partial charge in [0.25, 0.3) is 0 Å². The predicted octanol–water partition coefficient (Wildman–Crippen LogP) is 1.71. The van der Waals surface area contributed by atoms with Crippen LogP contribution in [0, 0.1) is 0 Å². The van der Waals surface area contributed by atoms with Gasteiger partial charge in [-0.2, -0.15) is 0 Å². The van der Waals surface area contributed by atoms with E-state index in [1.165, 1.54) is 11.3 Å². The second-order valence-electron chi connectivity index (χ2n) is 2.73. The van der Waals surface area contributed by atoms with E-state index in [2.05, 4.69) is 5.32 Å². The molecule has 1 rings (SSSR count). The van der Waals surface area contributed by atoms with Crippen LogP contribution in [0.15, 0.2) is 12.1 Å². The Morgan fingerprint density at radius 2 is 2.43 bits per heavy atom. The van der Waals surface area contributed by atoms with Crippen LogP contribution in [-0.4, -0.2) is 26.2 Å². The van der Waals surface area contributed by atoms with Gasteiger partial charge in [0.2, 0.25) is 5.91 Å². The summed E-state index contributed by atoms with van der Waals surface area (Å²) < 4.78 is 5.53. The molecule has 0 radical (unpaired) electrons. The van der Waals surface area contributed by atoms with Crippen molar-refractivity contribution in [1.29, 1.82) is 0 Å². The summed E-state index contributed by atoms with van der Waals surface area (Å²) in [5.41, 5.74) is 0. The Morgan fingerprint density at radius 3 is 3.00 bits per heavy atom. The number of rotatable bonds is 5. The maximum atomic E-state index is 11.3. The molecule has 3 nitrogen and oxygen atoms in total. The van der Waals surface area contributed by atoms with Crippen LogP contribution >= 0.6 is 22.9 Å². The minimum absolute atomic E-state index is 0.000525. The van der Waals surface area contributed by atoms with Crippen LogP contribution in [0.3, 0.4) is 0 Å². The second kappa shape index (κ2) is 6.01. The molecule has 0 aliphatic carbocycles. The van der Waals surface area contributed by atoms with E-state index in [4.69, 9.17) is 16.3 Å². The van der Waals surface area contributed by atoms with Crippen molar-refractivity contribution in [3.63, 3.8) is 0 Å². The van der Waals surface area contributed by atoms with Gasteiger partial charge in [-0.05, 0) is 12.1 Å². The fourth-order valence-electron chi connectivity index (χ4n) is 0.960. The summed E-state index contributed by atoms with van der Waals surface area (Å²) in [5.74, 6) is 0.000525. The molecule has 0 fully saturated rings. The highest BCUT2D eigenvalue weighted by molar-refractivity contribution is 7.16. The third-order valence-electron chi connectivity index (χ3n) is 1.59. The number of amides is 1. The van der Waals surface area contributed by atoms with E-state index in [0.717, 1.165) is 4.88 Å². The number of halogens is 1. The van der Waals surface area contributed by atoms with E-state index < -0.39 is 0 Å². The molecule has 5 heteroatoms. The molecule has 78 valence electrons. The third-order valence-corrected chi connectivity index (χ3v) is 2.82. The molecule has 1 heterocycles. The molecule has 1 N–H and O–H groups in total. The van der Waals surface area contributed by atoms with Crippen molar-refractivity contribution in [2.45, 2.75) is 6.42 Å². The van der Waals surface area contributed by atoms with E-state index in [1.54, 1.807) is 13.2 Å². The summed E-state index contributed by atoms with van der Waals surface area (Å²) in [7, 11) is 1.60. The Labute approximate surface area is 92.0 Å². The topological polar surface area (TPSA) is 38.3 Å². The van der Waals surface area contributed by atoms with Crippen molar-refractivity contribution in [3.8, 4) is 0 Å². The van der Waals surface area contributed by atoms with Gasteiger partial charge in [0.15, 0.2) is 0 Å². The van der Waals surface area contributed by atoms with Crippen molar-refractivity contribution in [3.05, 3.63) is 21.3 Å². The third kappa shape index (κ3) is 4.09. The van der Waals surface area contributed by atoms with Gasteiger partial charge in [-0.3, -0.25) is 4.79 Å². The Balaban J connectivity index is 2.27. The lowest BCUT2D eigenvalue weighted by Gasteiger charge is -2.02. The molecule has 1 aromatic rings. The smallest absolute Gasteiger partial charge is 0.225 e. The average molecular weight is 234 g/mol. The fraction of sp³-hybridized carbons (Fsp3) is 0.444. The van der Waals surface area contributed by atoms with Crippen molar-refractivity contribution in [2.75, 3.05) is 20.3 Å². The molecule has 0 aliphatic rings. The number of carbonyl (C=O) groups excluding carboxylic acids is 1. The van der Waals surface area contributed by atoms with Gasteiger partial charge in [0, 0.05) is 18.5 Å². The van der Waals surface area contributed by atoms with Gasteiger partial charge in [-0.25, -0.2) is 0 Å². The maximum Gasteiger partial charge on any atom is 0.225 e. The molecule has 0 unspecified atom stereocenters. The number of hydrogen-bond acceptors (Lipinski definition) is 3. The molecule has 0 aliphatic heterocycles. The highest BCUT2D eigenvalue weighted by Gasteiger charge is 2.04. The number of thiophene rings is 1. The zero-order valence-corrected chi connectivity index (χ0v) is 9.45. The fourth-order valence-corrected chi connectivity index (χ4v) is 2.05. The molecular formula is C9H12ClNO2S. The lowest BCUT2D eigenvalue weighted by Crippen LogP contribution is -2.28. The first-order valence-electron chi connectivity index (χ1n) is 4.22. The minimum Gasteiger partial charge on any atom is -0.383 e. The van der Waals surface area contributed by atoms with E-state index in [9.17, 15) is 4.79 Å². The van der Waals surface area contributed by atoms with Crippen molar-refractivity contribution in [1.82, 2.24) is 5.32 Å². The van der Waals surface area contributed by atoms with Crippen LogP contribution in [0.4, 0.5) is 0 Å². The standard InChI is InChI=1S/C9H12ClNO2S/c1-13-5-4-11-9(12)6-7-2-3-8(10)14-7/h2-3H,4-6H2,1H3,(H,11,12). The largest absolute Gasteiger partial charge is 0.383 e. The Hall–Kier alpha value is -0.580. The monoisotopic (exact) mass is 233 g/mol. The van der Waals surface area contributed by atoms with Gasteiger partial charge in [0.05, 0.1) is 17.4 Å². The van der Waals surface area contributed by atoms with E-state index in [-0.39, 0.29) is 5.91 Å². The molecular weight excluding hydrogens is 222 g/mol. The molecule has 0 bridgehead atoms. The number of ether oxygens (including phenoxy) is 1. The van der Waals surface area contributed by atoms with Gasteiger partial charge in [0.1, 0.15) is 0 Å². The van der Waals surface area contributed by atoms with E-state index >= 15 is 0 Å². The maximum absolute atomic E-state index is 11.3. The van der Waals surface area contributed by atoms with Crippen LogP contribution < -0.4 is 5.32 Å². The van der Waals surface area contributed by atoms with Crippen molar-refractivity contribution in [2.24, 2.45) is 0 Å². The Morgan fingerprint density at radius 1 is 1.64 bits per heavy atom. The van der Waals surface area contributed by atoms with Crippen LogP contribution in [0.1, 0.15) is 4.88 Å². The first-order valence-corrected chi connectivity index (χ1v) is 5.41. The zero-order valence-electron chi connectivity index (χ0n) is 7.88. The Kier molecular flexibility index (Phi) is 4.93. The summed E-state index contributed by atoms with van der Waals surface area (Å²) in [6.07, 6.45) is 0.390. The molecule has 0 saturated heterocycles. The van der Waals surface area contributed by atoms with Crippen molar-refractivity contribution >= 4 is 28.8 Å². The van der Waals surface area contributed by atoms with Crippen LogP contribution in [-0.2, 0) is 16.0 Å². The highest BCUT2D eigenvalue weighted by atomic mass is 35.5. The summed E-state index contributed by atoms with van der Waals surface area (Å²) in [5, 5.41) is 2.74. The number of carbonyl (C=O) groups is 1. The summed E-state index contributed by atoms with van der Waals surface area (Å²) in [6, 6.07) is 3.66. The van der Waals surface area contributed by atoms with Crippen LogP contribution in [0.5, 0.6) is 0 Å². The molecule has 0 spiro atoms. The van der Waals surface area contributed by atoms with E-state index in [0.29, 0.717) is 23.9 Å². The van der Waals surface area contributed by atoms with Crippen molar-refractivity contribution < 1.29 is 9.53 Å².